The zero-order valence-electron chi connectivity index (χ0n) is 67.6. The molecular weight excluding hydrogens is 1340 g/mol. The summed E-state index contributed by atoms with van der Waals surface area (Å²) >= 11 is 0. The van der Waals surface area contributed by atoms with Crippen molar-refractivity contribution in [3.05, 3.63) is 0 Å². The van der Waals surface area contributed by atoms with Crippen LogP contribution in [0.1, 0.15) is 446 Å². The van der Waals surface area contributed by atoms with E-state index in [1.165, 1.54) is 263 Å². The third kappa shape index (κ3) is 78.0. The summed E-state index contributed by atoms with van der Waals surface area (Å²) in [7, 11) is -9.92. The lowest BCUT2D eigenvalue weighted by Gasteiger charge is -2.21. The number of phosphoric acid groups is 2. The molecule has 0 amide bonds. The van der Waals surface area contributed by atoms with Crippen molar-refractivity contribution in [3.63, 3.8) is 0 Å². The first-order valence-corrected chi connectivity index (χ1v) is 46.5. The van der Waals surface area contributed by atoms with Crippen LogP contribution in [0.5, 0.6) is 0 Å². The molecule has 0 aliphatic heterocycles. The van der Waals surface area contributed by atoms with Crippen LogP contribution in [0.25, 0.3) is 0 Å². The summed E-state index contributed by atoms with van der Waals surface area (Å²) in [6, 6.07) is 0. The van der Waals surface area contributed by atoms with Gasteiger partial charge in [-0.25, -0.2) is 9.13 Å². The first-order chi connectivity index (χ1) is 49.9. The molecule has 5 atom stereocenters. The van der Waals surface area contributed by atoms with Crippen molar-refractivity contribution in [3.8, 4) is 0 Å². The molecule has 17 nitrogen and oxygen atoms in total. The predicted octanol–water partition coefficient (Wildman–Crippen LogP) is 25.5. The van der Waals surface area contributed by atoms with E-state index in [2.05, 4.69) is 41.5 Å². The van der Waals surface area contributed by atoms with Crippen LogP contribution < -0.4 is 0 Å². The van der Waals surface area contributed by atoms with Gasteiger partial charge in [-0.15, -0.1) is 0 Å². The fourth-order valence-electron chi connectivity index (χ4n) is 13.1. The van der Waals surface area contributed by atoms with Gasteiger partial charge >= 0.3 is 39.5 Å². The second kappa shape index (κ2) is 75.5. The first kappa shape index (κ1) is 101. The summed E-state index contributed by atoms with van der Waals surface area (Å²) in [5.74, 6) is -0.530. The third-order valence-electron chi connectivity index (χ3n) is 19.7. The predicted molar refractivity (Wildman–Crippen MR) is 423 cm³/mol. The second-order valence-corrected chi connectivity index (χ2v) is 34.1. The number of phosphoric ester groups is 2. The number of hydrogen-bond donors (Lipinski definition) is 3. The van der Waals surface area contributed by atoms with Crippen molar-refractivity contribution in [1.82, 2.24) is 0 Å². The number of rotatable bonds is 83. The van der Waals surface area contributed by atoms with E-state index in [9.17, 15) is 43.2 Å². The fraction of sp³-hybridized carbons (Fsp3) is 0.952. The molecule has 0 fully saturated rings. The van der Waals surface area contributed by atoms with Gasteiger partial charge in [0.15, 0.2) is 12.2 Å². The third-order valence-corrected chi connectivity index (χ3v) is 21.6. The minimum absolute atomic E-state index is 0.107. The standard InChI is InChI=1S/C84H164O17P2/c1-7-9-11-13-15-17-19-21-22-28-32-36-43-49-55-61-67-82(87)95-72-79(100-83(88)68-62-56-50-44-37-33-29-26-24-23-25-27-31-34-40-46-52-58-64-76(3)4)74-98-102(90,91)96-70-78(85)71-97-103(92,93)99-75-80(101-84(89)69-63-57-51-45-39-38-41-47-53-59-65-77(5)6)73-94-81(86)66-60-54-48-42-35-30-20-18-16-14-12-10-8-2/h76-80,85H,7-75H2,1-6H3,(H,90,91)(H,92,93)/t78-,79-,80-/m1/s1. The summed E-state index contributed by atoms with van der Waals surface area (Å²) in [4.78, 5) is 73.2. The highest BCUT2D eigenvalue weighted by Gasteiger charge is 2.30. The van der Waals surface area contributed by atoms with E-state index in [0.29, 0.717) is 25.7 Å². The molecular formula is C84H164O17P2. The van der Waals surface area contributed by atoms with Crippen molar-refractivity contribution in [2.24, 2.45) is 11.8 Å². The van der Waals surface area contributed by atoms with E-state index in [0.717, 1.165) is 102 Å². The molecule has 0 radical (unpaired) electrons. The molecule has 0 heterocycles. The van der Waals surface area contributed by atoms with Crippen molar-refractivity contribution < 1.29 is 80.2 Å². The normalized spacial score (nSPS) is 13.9. The fourth-order valence-corrected chi connectivity index (χ4v) is 14.6. The lowest BCUT2D eigenvalue weighted by molar-refractivity contribution is -0.161. The highest BCUT2D eigenvalue weighted by molar-refractivity contribution is 7.47. The SMILES string of the molecule is CCCCCCCCCCCCCCCCCCC(=O)OC[C@H](COP(=O)(O)OC[C@@H](O)COP(=O)(O)OC[C@@H](COC(=O)CCCCCCCCCCCCCCC)OC(=O)CCCCCCCCCCCCC(C)C)OC(=O)CCCCCCCCCCCCCCCCCCCCC(C)C. The second-order valence-electron chi connectivity index (χ2n) is 31.2. The van der Waals surface area contributed by atoms with Crippen LogP contribution in [0.2, 0.25) is 0 Å². The molecule has 0 saturated carbocycles. The number of aliphatic hydroxyl groups is 1. The van der Waals surface area contributed by atoms with Gasteiger partial charge in [0.1, 0.15) is 19.3 Å². The zero-order valence-corrected chi connectivity index (χ0v) is 69.4. The molecule has 3 N–H and O–H groups in total. The Balaban J connectivity index is 5.24. The van der Waals surface area contributed by atoms with Crippen molar-refractivity contribution >= 4 is 39.5 Å². The van der Waals surface area contributed by atoms with E-state index in [1.807, 2.05) is 0 Å². The largest absolute Gasteiger partial charge is 0.472 e. The lowest BCUT2D eigenvalue weighted by atomic mass is 10.0. The zero-order chi connectivity index (χ0) is 75.6. The van der Waals surface area contributed by atoms with Gasteiger partial charge < -0.3 is 33.8 Å². The maximum Gasteiger partial charge on any atom is 0.472 e. The van der Waals surface area contributed by atoms with E-state index >= 15 is 0 Å². The van der Waals surface area contributed by atoms with Crippen LogP contribution in [0.4, 0.5) is 0 Å². The van der Waals surface area contributed by atoms with Crippen LogP contribution >= 0.6 is 15.6 Å². The van der Waals surface area contributed by atoms with Crippen LogP contribution in [-0.2, 0) is 65.4 Å². The molecule has 612 valence electrons. The molecule has 0 aromatic rings. The molecule has 0 saturated heterocycles. The van der Waals surface area contributed by atoms with Gasteiger partial charge in [0.25, 0.3) is 0 Å². The van der Waals surface area contributed by atoms with Gasteiger partial charge in [0.2, 0.25) is 0 Å². The monoisotopic (exact) mass is 1510 g/mol. The summed E-state index contributed by atoms with van der Waals surface area (Å²) in [5, 5.41) is 10.7. The Kier molecular flexibility index (Phi) is 74.1. The number of hydrogen-bond acceptors (Lipinski definition) is 15. The average Bonchev–Trinajstić information content (AvgIpc) is 0.924. The van der Waals surface area contributed by atoms with Crippen LogP contribution in [0, 0.1) is 11.8 Å². The van der Waals surface area contributed by atoms with Crippen molar-refractivity contribution in [1.29, 1.82) is 0 Å². The Bertz CT molecular complexity index is 1980. The Morgan fingerprint density at radius 2 is 0.447 bits per heavy atom. The van der Waals surface area contributed by atoms with Gasteiger partial charge in [-0.2, -0.15) is 0 Å². The van der Waals surface area contributed by atoms with Gasteiger partial charge in [-0.3, -0.25) is 37.3 Å². The molecule has 0 bridgehead atoms. The molecule has 0 aliphatic rings. The Labute approximate surface area is 632 Å². The molecule has 0 aromatic heterocycles. The summed E-state index contributed by atoms with van der Waals surface area (Å²) in [5.41, 5.74) is 0. The highest BCUT2D eigenvalue weighted by Crippen LogP contribution is 2.45. The molecule has 19 heteroatoms. The maximum absolute atomic E-state index is 13.1. The Morgan fingerprint density at radius 1 is 0.262 bits per heavy atom. The number of esters is 4. The van der Waals surface area contributed by atoms with Crippen LogP contribution in [-0.4, -0.2) is 96.7 Å². The molecule has 2 unspecified atom stereocenters. The topological polar surface area (TPSA) is 237 Å². The minimum atomic E-state index is -4.96. The van der Waals surface area contributed by atoms with Crippen LogP contribution in [0.15, 0.2) is 0 Å². The van der Waals surface area contributed by atoms with Gasteiger partial charge in [-0.05, 0) is 37.5 Å². The molecule has 103 heavy (non-hydrogen) atoms. The van der Waals surface area contributed by atoms with Gasteiger partial charge in [0.05, 0.1) is 26.4 Å². The van der Waals surface area contributed by atoms with Gasteiger partial charge in [-0.1, -0.05) is 395 Å². The van der Waals surface area contributed by atoms with E-state index in [4.69, 9.17) is 37.0 Å². The molecule has 0 rings (SSSR count). The lowest BCUT2D eigenvalue weighted by Crippen LogP contribution is -2.30. The highest BCUT2D eigenvalue weighted by atomic mass is 31.2. The van der Waals surface area contributed by atoms with E-state index in [-0.39, 0.29) is 25.7 Å². The first-order valence-electron chi connectivity index (χ1n) is 43.5. The molecule has 0 aromatic carbocycles. The smallest absolute Gasteiger partial charge is 0.462 e. The van der Waals surface area contributed by atoms with Gasteiger partial charge in [0, 0.05) is 25.7 Å². The summed E-state index contributed by atoms with van der Waals surface area (Å²) in [6.07, 6.45) is 66.5. The molecule has 0 aliphatic carbocycles. The quantitative estimate of drug-likeness (QED) is 0.0222. The van der Waals surface area contributed by atoms with E-state index in [1.54, 1.807) is 0 Å². The minimum Gasteiger partial charge on any atom is -0.462 e. The Morgan fingerprint density at radius 3 is 0.660 bits per heavy atom. The van der Waals surface area contributed by atoms with Crippen LogP contribution in [0.3, 0.4) is 0 Å². The number of carbonyl (C=O) groups is 4. The summed E-state index contributed by atoms with van der Waals surface area (Å²) < 4.78 is 68.8. The number of carbonyl (C=O) groups excluding carboxylic acids is 4. The number of unbranched alkanes of at least 4 members (excludes halogenated alkanes) is 53. The van der Waals surface area contributed by atoms with Crippen molar-refractivity contribution in [2.75, 3.05) is 39.6 Å². The van der Waals surface area contributed by atoms with Crippen molar-refractivity contribution in [2.45, 2.75) is 464 Å². The number of aliphatic hydroxyl groups excluding tert-OH is 1. The van der Waals surface area contributed by atoms with E-state index < -0.39 is 97.5 Å². The molecule has 0 spiro atoms. The number of ether oxygens (including phenoxy) is 4. The summed E-state index contributed by atoms with van der Waals surface area (Å²) in [6.45, 7) is 9.69. The average molecular weight is 1510 g/mol. The Hall–Kier alpha value is -1.94. The maximum atomic E-state index is 13.1.